The largest absolute Gasteiger partial charge is 0.379 e. The first-order chi connectivity index (χ1) is 9.40. The third-order valence-electron chi connectivity index (χ3n) is 2.35. The number of rotatable bonds is 4. The van der Waals surface area contributed by atoms with Crippen molar-refractivity contribution < 1.29 is 17.5 Å². The number of hydrogen-bond donors (Lipinski definition) is 0. The summed E-state index contributed by atoms with van der Waals surface area (Å²) in [5.41, 5.74) is -0.345. The fourth-order valence-electron chi connectivity index (χ4n) is 1.44. The molecular weight excluding hydrogens is 350 g/mol. The van der Waals surface area contributed by atoms with Crippen LogP contribution in [-0.2, 0) is 10.1 Å². The van der Waals surface area contributed by atoms with Crippen LogP contribution in [0.4, 0.5) is 5.69 Å². The smallest absolute Gasteiger partial charge is 0.339 e. The lowest BCUT2D eigenvalue weighted by Gasteiger charge is -2.07. The molecule has 2 aromatic rings. The Hall–Kier alpha value is -1.93. The quantitative estimate of drug-likeness (QED) is 0.476. The SMILES string of the molecule is O=[N+]([O-])c1cc(S(=O)(=O)Oc2ccccc2)ccc1Br. The molecule has 20 heavy (non-hydrogen) atoms. The number of nitro benzene ring substituents is 1. The summed E-state index contributed by atoms with van der Waals surface area (Å²) >= 11 is 2.99. The van der Waals surface area contributed by atoms with Gasteiger partial charge in [-0.15, -0.1) is 0 Å². The highest BCUT2D eigenvalue weighted by molar-refractivity contribution is 9.10. The molecule has 0 saturated heterocycles. The zero-order valence-electron chi connectivity index (χ0n) is 9.89. The van der Waals surface area contributed by atoms with E-state index in [2.05, 4.69) is 15.9 Å². The molecule has 0 heterocycles. The van der Waals surface area contributed by atoms with Crippen molar-refractivity contribution in [3.05, 3.63) is 63.1 Å². The van der Waals surface area contributed by atoms with E-state index in [0.717, 1.165) is 6.07 Å². The molecule has 0 atom stereocenters. The maximum Gasteiger partial charge on any atom is 0.339 e. The highest BCUT2D eigenvalue weighted by Gasteiger charge is 2.22. The summed E-state index contributed by atoms with van der Waals surface area (Å²) in [6, 6.07) is 11.4. The van der Waals surface area contributed by atoms with Crippen LogP contribution in [0.5, 0.6) is 5.75 Å². The van der Waals surface area contributed by atoms with E-state index in [0.29, 0.717) is 0 Å². The van der Waals surface area contributed by atoms with E-state index >= 15 is 0 Å². The lowest BCUT2D eigenvalue weighted by atomic mass is 10.3. The molecular formula is C12H8BrNO5S. The van der Waals surface area contributed by atoms with E-state index in [-0.39, 0.29) is 20.8 Å². The van der Waals surface area contributed by atoms with Gasteiger partial charge in [-0.05, 0) is 40.2 Å². The molecule has 0 saturated carbocycles. The van der Waals surface area contributed by atoms with E-state index in [4.69, 9.17) is 4.18 Å². The molecule has 0 spiro atoms. The molecule has 0 aliphatic rings. The average Bonchev–Trinajstić information content (AvgIpc) is 2.39. The van der Waals surface area contributed by atoms with E-state index < -0.39 is 15.0 Å². The molecule has 2 aromatic carbocycles. The van der Waals surface area contributed by atoms with Gasteiger partial charge in [0.15, 0.2) is 0 Å². The van der Waals surface area contributed by atoms with Gasteiger partial charge in [-0.3, -0.25) is 10.1 Å². The lowest BCUT2D eigenvalue weighted by molar-refractivity contribution is -0.385. The van der Waals surface area contributed by atoms with Crippen molar-refractivity contribution in [1.82, 2.24) is 0 Å². The molecule has 0 aliphatic heterocycles. The first-order valence-corrected chi connectivity index (χ1v) is 7.54. The van der Waals surface area contributed by atoms with Crippen LogP contribution in [0, 0.1) is 10.1 Å². The summed E-state index contributed by atoms with van der Waals surface area (Å²) in [4.78, 5) is 9.84. The Bertz CT molecular complexity index is 746. The Labute approximate surface area is 123 Å². The van der Waals surface area contributed by atoms with E-state index in [1.807, 2.05) is 0 Å². The molecule has 0 radical (unpaired) electrons. The fraction of sp³-hybridized carbons (Fsp3) is 0. The molecule has 2 rings (SSSR count). The summed E-state index contributed by atoms with van der Waals surface area (Å²) in [6.45, 7) is 0. The van der Waals surface area contributed by atoms with Crippen molar-refractivity contribution >= 4 is 31.7 Å². The van der Waals surface area contributed by atoms with Crippen molar-refractivity contribution in [2.24, 2.45) is 0 Å². The highest BCUT2D eigenvalue weighted by Crippen LogP contribution is 2.28. The first-order valence-electron chi connectivity index (χ1n) is 5.33. The number of hydrogen-bond acceptors (Lipinski definition) is 5. The Morgan fingerprint density at radius 1 is 1.10 bits per heavy atom. The standard InChI is InChI=1S/C12H8BrNO5S/c13-11-7-6-10(8-12(11)14(15)16)20(17,18)19-9-4-2-1-3-5-9/h1-8H. The monoisotopic (exact) mass is 357 g/mol. The molecule has 8 heteroatoms. The Kier molecular flexibility index (Phi) is 4.05. The molecule has 6 nitrogen and oxygen atoms in total. The van der Waals surface area contributed by atoms with Gasteiger partial charge in [-0.25, -0.2) is 0 Å². The van der Waals surface area contributed by atoms with Gasteiger partial charge in [0, 0.05) is 6.07 Å². The first kappa shape index (κ1) is 14.5. The van der Waals surface area contributed by atoms with Crippen LogP contribution in [0.2, 0.25) is 0 Å². The van der Waals surface area contributed by atoms with Gasteiger partial charge >= 0.3 is 10.1 Å². The normalized spacial score (nSPS) is 11.1. The van der Waals surface area contributed by atoms with E-state index in [1.165, 1.54) is 24.3 Å². The zero-order valence-corrected chi connectivity index (χ0v) is 12.3. The summed E-state index contributed by atoms with van der Waals surface area (Å²) < 4.78 is 29.1. The maximum atomic E-state index is 12.0. The van der Waals surface area contributed by atoms with Gasteiger partial charge in [-0.2, -0.15) is 8.42 Å². The van der Waals surface area contributed by atoms with Gasteiger partial charge in [0.1, 0.15) is 10.6 Å². The predicted molar refractivity (Wildman–Crippen MR) is 75.1 cm³/mol. The predicted octanol–water partition coefficient (Wildman–Crippen LogP) is 3.13. The van der Waals surface area contributed by atoms with Crippen LogP contribution in [0.15, 0.2) is 57.9 Å². The second-order valence-corrected chi connectivity index (χ2v) is 6.12. The number of benzene rings is 2. The number of nitrogens with zero attached hydrogens (tertiary/aromatic N) is 1. The molecule has 0 bridgehead atoms. The third-order valence-corrected chi connectivity index (χ3v) is 4.27. The number of halogens is 1. The minimum atomic E-state index is -4.11. The highest BCUT2D eigenvalue weighted by atomic mass is 79.9. The molecule has 0 aliphatic carbocycles. The lowest BCUT2D eigenvalue weighted by Crippen LogP contribution is -2.10. The van der Waals surface area contributed by atoms with Gasteiger partial charge in [-0.1, -0.05) is 18.2 Å². The van der Waals surface area contributed by atoms with Gasteiger partial charge in [0.05, 0.1) is 9.40 Å². The summed E-state index contributed by atoms with van der Waals surface area (Å²) in [7, 11) is -4.11. The maximum absolute atomic E-state index is 12.0. The summed E-state index contributed by atoms with van der Waals surface area (Å²) in [5.74, 6) is 0.137. The summed E-state index contributed by atoms with van der Waals surface area (Å²) in [6.07, 6.45) is 0. The number of nitro groups is 1. The van der Waals surface area contributed by atoms with Crippen molar-refractivity contribution in [3.8, 4) is 5.75 Å². The van der Waals surface area contributed by atoms with Gasteiger partial charge in [0.25, 0.3) is 5.69 Å². The summed E-state index contributed by atoms with van der Waals surface area (Å²) in [5, 5.41) is 10.8. The van der Waals surface area contributed by atoms with Crippen LogP contribution in [0.25, 0.3) is 0 Å². The molecule has 0 fully saturated rings. The molecule has 0 aromatic heterocycles. The van der Waals surface area contributed by atoms with Crippen LogP contribution in [0.3, 0.4) is 0 Å². The Morgan fingerprint density at radius 3 is 2.35 bits per heavy atom. The topological polar surface area (TPSA) is 86.5 Å². The van der Waals surface area contributed by atoms with E-state index in [9.17, 15) is 18.5 Å². The Balaban J connectivity index is 2.40. The zero-order chi connectivity index (χ0) is 14.8. The Morgan fingerprint density at radius 2 is 1.75 bits per heavy atom. The average molecular weight is 358 g/mol. The fourth-order valence-corrected chi connectivity index (χ4v) is 2.78. The van der Waals surface area contributed by atoms with Crippen LogP contribution >= 0.6 is 15.9 Å². The molecule has 0 N–H and O–H groups in total. The molecule has 0 unspecified atom stereocenters. The van der Waals surface area contributed by atoms with Gasteiger partial charge in [0.2, 0.25) is 0 Å². The van der Waals surface area contributed by atoms with Gasteiger partial charge < -0.3 is 4.18 Å². The second-order valence-electron chi connectivity index (χ2n) is 3.72. The second kappa shape index (κ2) is 5.59. The van der Waals surface area contributed by atoms with Crippen molar-refractivity contribution in [2.45, 2.75) is 4.90 Å². The molecule has 0 amide bonds. The van der Waals surface area contributed by atoms with Crippen molar-refractivity contribution in [3.63, 3.8) is 0 Å². The molecule has 104 valence electrons. The van der Waals surface area contributed by atoms with Crippen LogP contribution in [0.1, 0.15) is 0 Å². The minimum absolute atomic E-state index is 0.137. The number of para-hydroxylation sites is 1. The van der Waals surface area contributed by atoms with E-state index in [1.54, 1.807) is 18.2 Å². The third kappa shape index (κ3) is 3.14. The van der Waals surface area contributed by atoms with Crippen molar-refractivity contribution in [1.29, 1.82) is 0 Å². The van der Waals surface area contributed by atoms with Crippen LogP contribution in [-0.4, -0.2) is 13.3 Å². The van der Waals surface area contributed by atoms with Crippen LogP contribution < -0.4 is 4.18 Å². The minimum Gasteiger partial charge on any atom is -0.379 e. The van der Waals surface area contributed by atoms with Crippen molar-refractivity contribution in [2.75, 3.05) is 0 Å².